The number of aromatic hydroxyl groups is 1. The third kappa shape index (κ3) is 2.25. The van der Waals surface area contributed by atoms with Crippen LogP contribution in [-0.2, 0) is 6.18 Å². The first-order chi connectivity index (χ1) is 11.4. The molecule has 0 amide bonds. The Labute approximate surface area is 133 Å². The maximum Gasteiger partial charge on any atom is 0.416 e. The van der Waals surface area contributed by atoms with Crippen LogP contribution in [0.25, 0.3) is 27.5 Å². The van der Waals surface area contributed by atoms with Gasteiger partial charge in [0.25, 0.3) is 0 Å². The monoisotopic (exact) mass is 329 g/mol. The van der Waals surface area contributed by atoms with E-state index in [9.17, 15) is 18.3 Å². The van der Waals surface area contributed by atoms with Crippen LogP contribution in [0, 0.1) is 0 Å². The van der Waals surface area contributed by atoms with Crippen LogP contribution in [-0.4, -0.2) is 20.1 Å². The fourth-order valence-corrected chi connectivity index (χ4v) is 2.64. The Kier molecular flexibility index (Phi) is 2.99. The number of phenols is 1. The van der Waals surface area contributed by atoms with Crippen molar-refractivity contribution < 1.29 is 18.3 Å². The summed E-state index contributed by atoms with van der Waals surface area (Å²) in [6.07, 6.45) is -4.44. The molecule has 0 fully saturated rings. The molecule has 120 valence electrons. The van der Waals surface area contributed by atoms with E-state index in [2.05, 4.69) is 10.2 Å². The molecular formula is C17H10F3N3O. The number of halogens is 3. The molecule has 1 aromatic heterocycles. The Morgan fingerprint density at radius 3 is 2.42 bits per heavy atom. The van der Waals surface area contributed by atoms with Gasteiger partial charge in [0, 0.05) is 5.39 Å². The summed E-state index contributed by atoms with van der Waals surface area (Å²) in [7, 11) is 0. The van der Waals surface area contributed by atoms with Gasteiger partial charge in [0.05, 0.1) is 5.56 Å². The lowest BCUT2D eigenvalue weighted by Crippen LogP contribution is -2.04. The van der Waals surface area contributed by atoms with Crippen molar-refractivity contribution in [1.29, 1.82) is 0 Å². The number of hydrogen-bond donors (Lipinski definition) is 1. The van der Waals surface area contributed by atoms with Crippen molar-refractivity contribution in [3.8, 4) is 11.4 Å². The van der Waals surface area contributed by atoms with Gasteiger partial charge in [-0.25, -0.2) is 0 Å². The predicted molar refractivity (Wildman–Crippen MR) is 83.0 cm³/mol. The van der Waals surface area contributed by atoms with Gasteiger partial charge < -0.3 is 5.11 Å². The Bertz CT molecular complexity index is 1070. The molecule has 3 aromatic carbocycles. The van der Waals surface area contributed by atoms with E-state index in [0.29, 0.717) is 16.6 Å². The normalized spacial score (nSPS) is 12.1. The van der Waals surface area contributed by atoms with Crippen molar-refractivity contribution in [2.75, 3.05) is 0 Å². The second-order valence-corrected chi connectivity index (χ2v) is 5.35. The molecule has 1 N–H and O–H groups in total. The summed E-state index contributed by atoms with van der Waals surface area (Å²) in [5.74, 6) is -0.0509. The Morgan fingerprint density at radius 1 is 0.875 bits per heavy atom. The van der Waals surface area contributed by atoms with Gasteiger partial charge in [0.1, 0.15) is 22.5 Å². The third-order valence-corrected chi connectivity index (χ3v) is 3.79. The van der Waals surface area contributed by atoms with E-state index in [4.69, 9.17) is 0 Å². The lowest BCUT2D eigenvalue weighted by Gasteiger charge is -2.07. The van der Waals surface area contributed by atoms with E-state index in [-0.39, 0.29) is 11.3 Å². The second-order valence-electron chi connectivity index (χ2n) is 5.35. The molecule has 0 unspecified atom stereocenters. The molecule has 24 heavy (non-hydrogen) atoms. The Hall–Kier alpha value is -3.09. The highest BCUT2D eigenvalue weighted by atomic mass is 19.4. The van der Waals surface area contributed by atoms with E-state index in [1.54, 1.807) is 18.2 Å². The maximum absolute atomic E-state index is 12.8. The zero-order chi connectivity index (χ0) is 16.9. The van der Waals surface area contributed by atoms with E-state index in [1.165, 1.54) is 16.9 Å². The minimum absolute atomic E-state index is 0.0509. The van der Waals surface area contributed by atoms with Crippen LogP contribution in [0.5, 0.6) is 5.75 Å². The fourth-order valence-electron chi connectivity index (χ4n) is 2.64. The molecule has 4 nitrogen and oxygen atoms in total. The van der Waals surface area contributed by atoms with Gasteiger partial charge in [-0.2, -0.15) is 13.2 Å². The van der Waals surface area contributed by atoms with Crippen molar-refractivity contribution >= 4 is 21.8 Å². The second kappa shape index (κ2) is 4.95. The van der Waals surface area contributed by atoms with Crippen LogP contribution < -0.4 is 0 Å². The molecule has 0 atom stereocenters. The standard InChI is InChI=1S/C17H10F3N3O/c18-17(19,20)11-6-7-13-14(9-11)22-23(21-13)16-12-4-2-1-3-10(12)5-8-15(16)24/h1-9,24H. The molecule has 0 saturated carbocycles. The molecule has 0 saturated heterocycles. The van der Waals surface area contributed by atoms with Crippen molar-refractivity contribution in [2.45, 2.75) is 6.18 Å². The molecule has 0 aliphatic carbocycles. The number of rotatable bonds is 1. The summed E-state index contributed by atoms with van der Waals surface area (Å²) in [4.78, 5) is 1.17. The molecule has 4 rings (SSSR count). The number of fused-ring (bicyclic) bond motifs is 2. The van der Waals surface area contributed by atoms with Crippen LogP contribution in [0.15, 0.2) is 54.6 Å². The summed E-state index contributed by atoms with van der Waals surface area (Å²) in [5.41, 5.74) is -0.0328. The minimum atomic E-state index is -4.44. The Balaban J connectivity index is 1.96. The first kappa shape index (κ1) is 14.5. The van der Waals surface area contributed by atoms with Crippen molar-refractivity contribution in [3.63, 3.8) is 0 Å². The predicted octanol–water partition coefficient (Wildman–Crippen LogP) is 4.30. The number of alkyl halides is 3. The first-order valence-corrected chi connectivity index (χ1v) is 7.09. The van der Waals surface area contributed by atoms with Gasteiger partial charge in [-0.3, -0.25) is 0 Å². The summed E-state index contributed by atoms with van der Waals surface area (Å²) in [5, 5.41) is 20.1. The molecule has 0 aliphatic heterocycles. The molecular weight excluding hydrogens is 319 g/mol. The lowest BCUT2D eigenvalue weighted by atomic mass is 10.1. The lowest BCUT2D eigenvalue weighted by molar-refractivity contribution is -0.137. The number of benzene rings is 3. The third-order valence-electron chi connectivity index (χ3n) is 3.79. The zero-order valence-corrected chi connectivity index (χ0v) is 12.1. The van der Waals surface area contributed by atoms with Crippen LogP contribution in [0.4, 0.5) is 13.2 Å². The van der Waals surface area contributed by atoms with Gasteiger partial charge in [-0.15, -0.1) is 15.0 Å². The van der Waals surface area contributed by atoms with Crippen molar-refractivity contribution in [3.05, 3.63) is 60.2 Å². The number of hydrogen-bond acceptors (Lipinski definition) is 3. The first-order valence-electron chi connectivity index (χ1n) is 7.09. The summed E-state index contributed by atoms with van der Waals surface area (Å²) < 4.78 is 38.5. The van der Waals surface area contributed by atoms with Gasteiger partial charge in [-0.05, 0) is 29.7 Å². The molecule has 1 heterocycles. The average Bonchev–Trinajstić information content (AvgIpc) is 2.96. The smallest absolute Gasteiger partial charge is 0.416 e. The van der Waals surface area contributed by atoms with Crippen molar-refractivity contribution in [2.24, 2.45) is 0 Å². The van der Waals surface area contributed by atoms with Gasteiger partial charge in [0.15, 0.2) is 0 Å². The summed E-state index contributed by atoms with van der Waals surface area (Å²) in [6, 6.07) is 13.7. The maximum atomic E-state index is 12.8. The average molecular weight is 329 g/mol. The van der Waals surface area contributed by atoms with Gasteiger partial charge >= 0.3 is 6.18 Å². The van der Waals surface area contributed by atoms with Crippen LogP contribution >= 0.6 is 0 Å². The van der Waals surface area contributed by atoms with Crippen LogP contribution in [0.3, 0.4) is 0 Å². The SMILES string of the molecule is Oc1ccc2ccccc2c1-n1nc2ccc(C(F)(F)F)cc2n1. The highest BCUT2D eigenvalue weighted by Gasteiger charge is 2.31. The van der Waals surface area contributed by atoms with E-state index in [0.717, 1.165) is 17.5 Å². The number of aromatic nitrogens is 3. The zero-order valence-electron chi connectivity index (χ0n) is 12.1. The fraction of sp³-hybridized carbons (Fsp3) is 0.0588. The van der Waals surface area contributed by atoms with E-state index in [1.807, 2.05) is 12.1 Å². The van der Waals surface area contributed by atoms with Crippen molar-refractivity contribution in [1.82, 2.24) is 15.0 Å². The largest absolute Gasteiger partial charge is 0.506 e. The number of phenolic OH excluding ortho intramolecular Hbond substituents is 1. The quantitative estimate of drug-likeness (QED) is 0.566. The highest BCUT2D eigenvalue weighted by molar-refractivity contribution is 5.92. The summed E-state index contributed by atoms with van der Waals surface area (Å²) >= 11 is 0. The van der Waals surface area contributed by atoms with Crippen LogP contribution in [0.2, 0.25) is 0 Å². The Morgan fingerprint density at radius 2 is 1.62 bits per heavy atom. The van der Waals surface area contributed by atoms with Crippen LogP contribution in [0.1, 0.15) is 5.56 Å². The molecule has 0 aliphatic rings. The minimum Gasteiger partial charge on any atom is -0.506 e. The van der Waals surface area contributed by atoms with E-state index >= 15 is 0 Å². The molecule has 4 aromatic rings. The highest BCUT2D eigenvalue weighted by Crippen LogP contribution is 2.33. The molecule has 0 spiro atoms. The molecule has 0 bridgehead atoms. The summed E-state index contributed by atoms with van der Waals surface area (Å²) in [6.45, 7) is 0. The van der Waals surface area contributed by atoms with Gasteiger partial charge in [-0.1, -0.05) is 30.3 Å². The molecule has 0 radical (unpaired) electrons. The van der Waals surface area contributed by atoms with Gasteiger partial charge in [0.2, 0.25) is 0 Å². The topological polar surface area (TPSA) is 50.9 Å². The number of nitrogens with zero attached hydrogens (tertiary/aromatic N) is 3. The van der Waals surface area contributed by atoms with E-state index < -0.39 is 11.7 Å². The molecule has 7 heteroatoms.